The molecule has 2 heterocycles. The van der Waals surface area contributed by atoms with Crippen molar-refractivity contribution in [1.82, 2.24) is 10.2 Å². The molecule has 0 aromatic carbocycles. The summed E-state index contributed by atoms with van der Waals surface area (Å²) in [6.07, 6.45) is 2.19. The van der Waals surface area contributed by atoms with Crippen LogP contribution in [0.15, 0.2) is 10.5 Å². The van der Waals surface area contributed by atoms with Crippen LogP contribution in [0.5, 0.6) is 0 Å². The van der Waals surface area contributed by atoms with Gasteiger partial charge in [0, 0.05) is 17.6 Å². The Morgan fingerprint density at radius 1 is 1.35 bits per heavy atom. The predicted octanol–water partition coefficient (Wildman–Crippen LogP) is 1.84. The van der Waals surface area contributed by atoms with Gasteiger partial charge in [-0.05, 0) is 39.7 Å². The zero-order valence-corrected chi connectivity index (χ0v) is 12.1. The summed E-state index contributed by atoms with van der Waals surface area (Å²) in [7, 11) is 0. The lowest BCUT2D eigenvalue weighted by Crippen LogP contribution is -2.40. The molecule has 2 unspecified atom stereocenters. The van der Waals surface area contributed by atoms with Crippen molar-refractivity contribution >= 4 is 11.8 Å². The highest BCUT2D eigenvalue weighted by molar-refractivity contribution is 6.06. The van der Waals surface area contributed by atoms with E-state index in [0.717, 1.165) is 29.9 Å². The molecule has 5 nitrogen and oxygen atoms in total. The lowest BCUT2D eigenvalue weighted by molar-refractivity contribution is -0.139. The largest absolute Gasteiger partial charge is 0.466 e. The number of nitrogens with one attached hydrogen (secondary N) is 1. The van der Waals surface area contributed by atoms with Crippen LogP contribution in [0.25, 0.3) is 0 Å². The van der Waals surface area contributed by atoms with Crippen molar-refractivity contribution in [3.63, 3.8) is 0 Å². The van der Waals surface area contributed by atoms with Crippen LogP contribution in [-0.4, -0.2) is 28.8 Å². The minimum atomic E-state index is -0.396. The van der Waals surface area contributed by atoms with E-state index in [1.165, 1.54) is 4.90 Å². The van der Waals surface area contributed by atoms with Gasteiger partial charge in [-0.15, -0.1) is 0 Å². The normalized spacial score (nSPS) is 24.6. The van der Waals surface area contributed by atoms with Gasteiger partial charge in [-0.2, -0.15) is 0 Å². The first-order valence-corrected chi connectivity index (χ1v) is 7.16. The van der Waals surface area contributed by atoms with E-state index in [-0.39, 0.29) is 30.3 Å². The Labute approximate surface area is 118 Å². The average Bonchev–Trinajstić information content (AvgIpc) is 3.08. The molecule has 2 amide bonds. The van der Waals surface area contributed by atoms with Crippen molar-refractivity contribution in [3.8, 4) is 0 Å². The molecular formula is C15H20N2O3. The predicted molar refractivity (Wildman–Crippen MR) is 73.0 cm³/mol. The number of hydrogen-bond acceptors (Lipinski definition) is 4. The number of aryl methyl sites for hydroxylation is 2. The number of hydrogen-bond donors (Lipinski definition) is 1. The first-order chi connectivity index (χ1) is 9.47. The summed E-state index contributed by atoms with van der Waals surface area (Å²) < 4.78 is 5.52. The van der Waals surface area contributed by atoms with Gasteiger partial charge in [0.15, 0.2) is 0 Å². The Bertz CT molecular complexity index is 559. The number of carbonyl (C=O) groups excluding carboxylic acids is 2. The van der Waals surface area contributed by atoms with Gasteiger partial charge in [0.05, 0.1) is 12.5 Å². The molecule has 108 valence electrons. The van der Waals surface area contributed by atoms with Crippen LogP contribution in [0.2, 0.25) is 0 Å². The molecule has 0 radical (unpaired) electrons. The highest BCUT2D eigenvalue weighted by atomic mass is 16.3. The van der Waals surface area contributed by atoms with Crippen molar-refractivity contribution in [3.05, 3.63) is 23.2 Å². The molecule has 1 saturated heterocycles. The molecule has 1 aromatic heterocycles. The van der Waals surface area contributed by atoms with Gasteiger partial charge in [0.2, 0.25) is 11.8 Å². The zero-order valence-electron chi connectivity index (χ0n) is 12.1. The molecule has 3 rings (SSSR count). The van der Waals surface area contributed by atoms with Crippen LogP contribution < -0.4 is 5.32 Å². The Hall–Kier alpha value is -1.62. The first-order valence-electron chi connectivity index (χ1n) is 7.16. The van der Waals surface area contributed by atoms with Crippen molar-refractivity contribution in [1.29, 1.82) is 0 Å². The van der Waals surface area contributed by atoms with Gasteiger partial charge in [-0.25, -0.2) is 0 Å². The standard InChI is InChI=1S/C15H20N2O3/c1-8-6-12(10(3)20-8)9(2)16-13-7-14(18)17(15(13)19)11-4-5-11/h6,9,11,13,16H,4-5,7H2,1-3H3. The molecule has 2 fully saturated rings. The van der Waals surface area contributed by atoms with E-state index in [4.69, 9.17) is 4.42 Å². The highest BCUT2D eigenvalue weighted by Gasteiger charge is 2.46. The Kier molecular flexibility index (Phi) is 3.17. The second-order valence-electron chi connectivity index (χ2n) is 5.85. The quantitative estimate of drug-likeness (QED) is 0.852. The summed E-state index contributed by atoms with van der Waals surface area (Å²) in [6.45, 7) is 5.82. The van der Waals surface area contributed by atoms with Gasteiger partial charge >= 0.3 is 0 Å². The van der Waals surface area contributed by atoms with Crippen molar-refractivity contribution in [2.45, 2.75) is 58.2 Å². The van der Waals surface area contributed by atoms with Crippen LogP contribution >= 0.6 is 0 Å². The second-order valence-corrected chi connectivity index (χ2v) is 5.85. The average molecular weight is 276 g/mol. The fourth-order valence-corrected chi connectivity index (χ4v) is 2.97. The maximum atomic E-state index is 12.3. The van der Waals surface area contributed by atoms with E-state index >= 15 is 0 Å². The topological polar surface area (TPSA) is 62.6 Å². The Balaban J connectivity index is 1.70. The summed E-state index contributed by atoms with van der Waals surface area (Å²) >= 11 is 0. The van der Waals surface area contributed by atoms with Crippen molar-refractivity contribution in [2.75, 3.05) is 0 Å². The highest BCUT2D eigenvalue weighted by Crippen LogP contribution is 2.32. The molecule has 2 aliphatic rings. The molecule has 20 heavy (non-hydrogen) atoms. The van der Waals surface area contributed by atoms with Crippen LogP contribution in [0.4, 0.5) is 0 Å². The Morgan fingerprint density at radius 2 is 2.05 bits per heavy atom. The van der Waals surface area contributed by atoms with Gasteiger partial charge in [-0.1, -0.05) is 0 Å². The summed E-state index contributed by atoms with van der Waals surface area (Å²) in [5, 5.41) is 3.27. The molecule has 1 N–H and O–H groups in total. The lowest BCUT2D eigenvalue weighted by atomic mass is 10.1. The van der Waals surface area contributed by atoms with E-state index in [9.17, 15) is 9.59 Å². The fraction of sp³-hybridized carbons (Fsp3) is 0.600. The van der Waals surface area contributed by atoms with Crippen molar-refractivity contribution in [2.24, 2.45) is 0 Å². The zero-order chi connectivity index (χ0) is 14.4. The third-order valence-electron chi connectivity index (χ3n) is 4.09. The van der Waals surface area contributed by atoms with Crippen LogP contribution in [-0.2, 0) is 9.59 Å². The van der Waals surface area contributed by atoms with Gasteiger partial charge in [0.1, 0.15) is 11.5 Å². The number of amides is 2. The second kappa shape index (κ2) is 4.74. The molecule has 2 atom stereocenters. The molecule has 1 saturated carbocycles. The number of imide groups is 1. The molecule has 1 aromatic rings. The summed E-state index contributed by atoms with van der Waals surface area (Å²) in [4.78, 5) is 25.6. The van der Waals surface area contributed by atoms with E-state index in [1.54, 1.807) is 0 Å². The molecule has 0 bridgehead atoms. The Morgan fingerprint density at radius 3 is 2.60 bits per heavy atom. The van der Waals surface area contributed by atoms with Gasteiger partial charge in [0.25, 0.3) is 0 Å². The number of nitrogens with zero attached hydrogens (tertiary/aromatic N) is 1. The third kappa shape index (κ3) is 2.26. The smallest absolute Gasteiger partial charge is 0.247 e. The van der Waals surface area contributed by atoms with E-state index in [0.29, 0.717) is 0 Å². The molecule has 1 aliphatic heterocycles. The maximum Gasteiger partial charge on any atom is 0.247 e. The lowest BCUT2D eigenvalue weighted by Gasteiger charge is -2.18. The first kappa shape index (κ1) is 13.4. The maximum absolute atomic E-state index is 12.3. The SMILES string of the molecule is Cc1cc(C(C)NC2CC(=O)N(C3CC3)C2=O)c(C)o1. The summed E-state index contributed by atoms with van der Waals surface area (Å²) in [5.41, 5.74) is 1.05. The third-order valence-corrected chi connectivity index (χ3v) is 4.09. The number of furan rings is 1. The number of carbonyl (C=O) groups is 2. The monoisotopic (exact) mass is 276 g/mol. The molecule has 5 heteroatoms. The van der Waals surface area contributed by atoms with Crippen molar-refractivity contribution < 1.29 is 14.0 Å². The minimum Gasteiger partial charge on any atom is -0.466 e. The van der Waals surface area contributed by atoms with Crippen LogP contribution in [0.3, 0.4) is 0 Å². The molecule has 1 aliphatic carbocycles. The van der Waals surface area contributed by atoms with E-state index in [2.05, 4.69) is 5.32 Å². The van der Waals surface area contributed by atoms with E-state index < -0.39 is 6.04 Å². The van der Waals surface area contributed by atoms with E-state index in [1.807, 2.05) is 26.8 Å². The molecular weight excluding hydrogens is 256 g/mol. The number of likely N-dealkylation sites (tertiary alicyclic amines) is 1. The molecule has 0 spiro atoms. The van der Waals surface area contributed by atoms with Crippen LogP contribution in [0, 0.1) is 13.8 Å². The van der Waals surface area contributed by atoms with Crippen LogP contribution in [0.1, 0.15) is 49.3 Å². The van der Waals surface area contributed by atoms with Gasteiger partial charge in [-0.3, -0.25) is 19.8 Å². The van der Waals surface area contributed by atoms with Gasteiger partial charge < -0.3 is 4.42 Å². The summed E-state index contributed by atoms with van der Waals surface area (Å²) in [5.74, 6) is 1.61. The fourth-order valence-electron chi connectivity index (χ4n) is 2.97. The minimum absolute atomic E-state index is 0.00615. The number of rotatable bonds is 4. The summed E-state index contributed by atoms with van der Waals surface area (Å²) in [6, 6.07) is 1.74.